The molecule has 2 aliphatic carbocycles. The van der Waals surface area contributed by atoms with E-state index >= 15 is 8.78 Å². The Hall–Kier alpha value is -7.26. The van der Waals surface area contributed by atoms with Gasteiger partial charge in [0.25, 0.3) is 11.8 Å². The first-order valence-corrected chi connectivity index (χ1v) is 28.7. The van der Waals surface area contributed by atoms with Crippen molar-refractivity contribution in [2.75, 3.05) is 34.4 Å². The first-order chi connectivity index (χ1) is 38.8. The summed E-state index contributed by atoms with van der Waals surface area (Å²) in [6.07, 6.45) is 4.13. The molecule has 81 heavy (non-hydrogen) atoms. The average Bonchev–Trinajstić information content (AvgIpc) is 4.30. The van der Waals surface area contributed by atoms with Crippen LogP contribution in [0, 0.1) is 51.2 Å². The van der Waals surface area contributed by atoms with Crippen LogP contribution in [-0.4, -0.2) is 58.6 Å². The Balaban J connectivity index is 0.857. The molecule has 4 fully saturated rings. The van der Waals surface area contributed by atoms with Crippen molar-refractivity contribution in [3.8, 4) is 0 Å². The van der Waals surface area contributed by atoms with Crippen LogP contribution in [0.1, 0.15) is 154 Å². The standard InChI is InChI=1S/C65H68ClF5N6O4/c1-37-19-25-48(35-53(37)65(69,70)71)74-61(78)50-15-9-31-76(63(80)57-38(2)11-7-17-55(57)67)59(50)42-22-28-46(29-23-42)73-47-30-24-43(33-47)52-34-49(36-54(66)40(52)4)75-62(79)51-16-10-32-77(64(81)58-39(3)12-8-18-56(58)68)60(51)41-20-26-45(27-21-41)72-44-13-5-6-14-44/h7-8,11-12,17-23,25-29,34-36,43-44,47,50-51,59-60,72-73H,5-6,9-10,13-16,24,30-33H2,1-4H3,(H,74,78)(H,75,79)/t43?,47?,50-,51-,59?,60-/m0/s1. The van der Waals surface area contributed by atoms with E-state index in [0.717, 1.165) is 66.2 Å². The number of benzene rings is 6. The summed E-state index contributed by atoms with van der Waals surface area (Å²) in [5.74, 6) is -4.61. The van der Waals surface area contributed by atoms with E-state index in [-0.39, 0.29) is 46.8 Å². The molecular formula is C65H68ClF5N6O4. The van der Waals surface area contributed by atoms with Gasteiger partial charge in [-0.15, -0.1) is 0 Å². The van der Waals surface area contributed by atoms with E-state index in [4.69, 9.17) is 11.6 Å². The lowest BCUT2D eigenvalue weighted by Crippen LogP contribution is -2.46. The van der Waals surface area contributed by atoms with Gasteiger partial charge in [0.1, 0.15) is 11.6 Å². The Bertz CT molecular complexity index is 3290. The second kappa shape index (κ2) is 24.1. The van der Waals surface area contributed by atoms with Crippen LogP contribution in [0.5, 0.6) is 0 Å². The van der Waals surface area contributed by atoms with Gasteiger partial charge < -0.3 is 31.1 Å². The molecule has 424 valence electrons. The zero-order valence-corrected chi connectivity index (χ0v) is 46.8. The molecule has 0 radical (unpaired) electrons. The molecule has 0 aromatic heterocycles. The highest BCUT2D eigenvalue weighted by atomic mass is 35.5. The predicted octanol–water partition coefficient (Wildman–Crippen LogP) is 15.4. The molecule has 10 rings (SSSR count). The average molecular weight is 1130 g/mol. The van der Waals surface area contributed by atoms with Crippen molar-refractivity contribution in [2.45, 2.75) is 135 Å². The van der Waals surface area contributed by atoms with Crippen molar-refractivity contribution in [1.29, 1.82) is 0 Å². The van der Waals surface area contributed by atoms with E-state index in [1.165, 1.54) is 55.0 Å². The Labute approximate surface area is 475 Å². The van der Waals surface area contributed by atoms with Crippen LogP contribution in [0.2, 0.25) is 5.02 Å². The van der Waals surface area contributed by atoms with Crippen LogP contribution >= 0.6 is 11.6 Å². The van der Waals surface area contributed by atoms with Crippen molar-refractivity contribution in [3.05, 3.63) is 188 Å². The first kappa shape index (κ1) is 57.0. The monoisotopic (exact) mass is 1130 g/mol. The summed E-state index contributed by atoms with van der Waals surface area (Å²) in [5, 5.41) is 13.7. The van der Waals surface area contributed by atoms with E-state index < -0.39 is 65.0 Å². The molecule has 2 aliphatic heterocycles. The minimum atomic E-state index is -4.63. The zero-order chi connectivity index (χ0) is 57.3. The third-order valence-electron chi connectivity index (χ3n) is 17.3. The number of amides is 4. The van der Waals surface area contributed by atoms with Crippen LogP contribution in [0.4, 0.5) is 44.7 Å². The van der Waals surface area contributed by atoms with Gasteiger partial charge in [0, 0.05) is 52.9 Å². The lowest BCUT2D eigenvalue weighted by atomic mass is 9.83. The summed E-state index contributed by atoms with van der Waals surface area (Å²) in [5.41, 5.74) is 5.60. The number of nitrogens with zero attached hydrogens (tertiary/aromatic N) is 2. The quantitative estimate of drug-likeness (QED) is 0.0855. The van der Waals surface area contributed by atoms with Crippen molar-refractivity contribution >= 4 is 58.0 Å². The van der Waals surface area contributed by atoms with Crippen molar-refractivity contribution in [2.24, 2.45) is 11.8 Å². The number of anilines is 4. The van der Waals surface area contributed by atoms with E-state index in [9.17, 15) is 32.3 Å². The van der Waals surface area contributed by atoms with Crippen LogP contribution in [-0.2, 0) is 15.8 Å². The minimum absolute atomic E-state index is 0.00293. The number of likely N-dealkylation sites (tertiary alicyclic amines) is 2. The number of hydrogen-bond donors (Lipinski definition) is 4. The number of halogens is 6. The lowest BCUT2D eigenvalue weighted by molar-refractivity contribution is -0.138. The Morgan fingerprint density at radius 2 is 1.02 bits per heavy atom. The maximum Gasteiger partial charge on any atom is 0.416 e. The van der Waals surface area contributed by atoms with Crippen molar-refractivity contribution in [3.63, 3.8) is 0 Å². The Morgan fingerprint density at radius 1 is 0.531 bits per heavy atom. The molecule has 3 unspecified atom stereocenters. The molecule has 4 aliphatic rings. The fraction of sp³-hybridized carbons (Fsp3) is 0.385. The highest BCUT2D eigenvalue weighted by Crippen LogP contribution is 2.44. The maximum absolute atomic E-state index is 15.4. The molecule has 2 heterocycles. The molecular weight excluding hydrogens is 1060 g/mol. The van der Waals surface area contributed by atoms with Gasteiger partial charge in [-0.2, -0.15) is 13.2 Å². The zero-order valence-electron chi connectivity index (χ0n) is 46.0. The van der Waals surface area contributed by atoms with Gasteiger partial charge in [0.15, 0.2) is 0 Å². The highest BCUT2D eigenvalue weighted by molar-refractivity contribution is 6.31. The van der Waals surface area contributed by atoms with Crippen molar-refractivity contribution in [1.82, 2.24) is 9.80 Å². The Morgan fingerprint density at radius 3 is 1.53 bits per heavy atom. The summed E-state index contributed by atoms with van der Waals surface area (Å²) in [7, 11) is 0. The molecule has 0 bridgehead atoms. The van der Waals surface area contributed by atoms with E-state index in [1.807, 2.05) is 61.5 Å². The van der Waals surface area contributed by atoms with Gasteiger partial charge in [0.05, 0.1) is 40.6 Å². The second-order valence-corrected chi connectivity index (χ2v) is 23.1. The molecule has 4 N–H and O–H groups in total. The van der Waals surface area contributed by atoms with Gasteiger partial charge in [-0.05, 0) is 191 Å². The van der Waals surface area contributed by atoms with Gasteiger partial charge in [-0.25, -0.2) is 8.78 Å². The van der Waals surface area contributed by atoms with E-state index in [2.05, 4.69) is 21.3 Å². The summed E-state index contributed by atoms with van der Waals surface area (Å²) >= 11 is 6.98. The summed E-state index contributed by atoms with van der Waals surface area (Å²) in [6.45, 7) is 7.27. The summed E-state index contributed by atoms with van der Waals surface area (Å²) in [4.78, 5) is 60.9. The summed E-state index contributed by atoms with van der Waals surface area (Å²) < 4.78 is 72.6. The number of alkyl halides is 3. The molecule has 0 spiro atoms. The molecule has 4 amide bonds. The topological polar surface area (TPSA) is 123 Å². The first-order valence-electron chi connectivity index (χ1n) is 28.3. The number of aryl methyl sites for hydroxylation is 3. The van der Waals surface area contributed by atoms with Gasteiger partial charge in [-0.3, -0.25) is 19.2 Å². The van der Waals surface area contributed by atoms with Crippen LogP contribution < -0.4 is 21.3 Å². The molecule has 6 atom stereocenters. The van der Waals surface area contributed by atoms with Gasteiger partial charge >= 0.3 is 6.18 Å². The maximum atomic E-state index is 15.4. The molecule has 2 saturated carbocycles. The number of piperidine rings is 2. The SMILES string of the molecule is Cc1ccc(NC(=O)[C@H]2CCCN(C(=O)c3c(C)cccc3F)C2c2ccc(NC3CCC(c4cc(NC(=O)[C@H]5CCCN(C(=O)c6c(C)cccc6F)[C@H]5c5ccc(NC6CCCC6)cc5)cc(Cl)c4C)C3)cc2)cc1C(F)(F)F. The van der Waals surface area contributed by atoms with Crippen molar-refractivity contribution < 1.29 is 41.1 Å². The van der Waals surface area contributed by atoms with E-state index in [0.29, 0.717) is 65.7 Å². The fourth-order valence-electron chi connectivity index (χ4n) is 13.1. The summed E-state index contributed by atoms with van der Waals surface area (Å²) in [6, 6.07) is 30.6. The second-order valence-electron chi connectivity index (χ2n) is 22.6. The molecule has 6 aromatic carbocycles. The van der Waals surface area contributed by atoms with Gasteiger partial charge in [0.2, 0.25) is 11.8 Å². The third kappa shape index (κ3) is 12.3. The number of rotatable bonds is 13. The fourth-order valence-corrected chi connectivity index (χ4v) is 13.3. The normalized spacial score (nSPS) is 21.4. The molecule has 16 heteroatoms. The lowest BCUT2D eigenvalue weighted by Gasteiger charge is -2.41. The van der Waals surface area contributed by atoms with E-state index in [1.54, 1.807) is 43.0 Å². The minimum Gasteiger partial charge on any atom is -0.382 e. The Kier molecular flexibility index (Phi) is 16.9. The highest BCUT2D eigenvalue weighted by Gasteiger charge is 2.43. The smallest absolute Gasteiger partial charge is 0.382 e. The largest absolute Gasteiger partial charge is 0.416 e. The van der Waals surface area contributed by atoms with Crippen LogP contribution in [0.3, 0.4) is 0 Å². The van der Waals surface area contributed by atoms with Crippen LogP contribution in [0.25, 0.3) is 0 Å². The predicted molar refractivity (Wildman–Crippen MR) is 308 cm³/mol. The van der Waals surface area contributed by atoms with Gasteiger partial charge in [-0.1, -0.05) is 79.0 Å². The molecule has 2 saturated heterocycles. The number of hydrogen-bond acceptors (Lipinski definition) is 6. The number of carbonyl (C=O) groups is 4. The molecule has 6 aromatic rings. The third-order valence-corrected chi connectivity index (χ3v) is 17.7. The van der Waals surface area contributed by atoms with Crippen LogP contribution in [0.15, 0.2) is 115 Å². The number of carbonyl (C=O) groups excluding carboxylic acids is 4. The number of nitrogens with one attached hydrogen (secondary N) is 4. The molecule has 10 nitrogen and oxygen atoms in total.